The minimum Gasteiger partial charge on any atom is -0.388 e. The molecule has 120 valence electrons. The fraction of sp³-hybridized carbons (Fsp3) is 1.00. The molecular formula is C16H26O5. The number of hydrogen-bond donors (Lipinski definition) is 3. The van der Waals surface area contributed by atoms with E-state index >= 15 is 0 Å². The van der Waals surface area contributed by atoms with Crippen LogP contribution >= 0.6 is 0 Å². The van der Waals surface area contributed by atoms with Crippen LogP contribution in [0, 0.1) is 17.8 Å². The Kier molecular flexibility index (Phi) is 3.36. The molecule has 1 aliphatic heterocycles. The zero-order valence-corrected chi connectivity index (χ0v) is 12.5. The number of aliphatic hydroxyl groups excluding tert-OH is 3. The minimum atomic E-state index is -1.20. The molecule has 4 saturated carbocycles. The van der Waals surface area contributed by atoms with Crippen molar-refractivity contribution < 1.29 is 24.8 Å². The summed E-state index contributed by atoms with van der Waals surface area (Å²) >= 11 is 0. The molecule has 4 bridgehead atoms. The molecule has 0 aromatic heterocycles. The summed E-state index contributed by atoms with van der Waals surface area (Å²) in [7, 11) is 0. The Hall–Kier alpha value is -0.200. The molecule has 1 saturated heterocycles. The predicted molar refractivity (Wildman–Crippen MR) is 74.3 cm³/mol. The summed E-state index contributed by atoms with van der Waals surface area (Å²) in [5, 5.41) is 29.9. The number of hydrogen-bond acceptors (Lipinski definition) is 5. The Morgan fingerprint density at radius 3 is 1.90 bits per heavy atom. The first kappa shape index (κ1) is 14.4. The topological polar surface area (TPSA) is 79.2 Å². The molecule has 5 fully saturated rings. The van der Waals surface area contributed by atoms with E-state index in [1.54, 1.807) is 6.92 Å². The summed E-state index contributed by atoms with van der Waals surface area (Å²) in [6.45, 7) is 1.70. The van der Waals surface area contributed by atoms with Crippen LogP contribution in [0.15, 0.2) is 0 Å². The molecule has 0 radical (unpaired) electrons. The van der Waals surface area contributed by atoms with Crippen molar-refractivity contribution in [2.24, 2.45) is 17.8 Å². The molecule has 5 heteroatoms. The normalized spacial score (nSPS) is 59.4. The van der Waals surface area contributed by atoms with Crippen LogP contribution in [0.1, 0.15) is 45.4 Å². The van der Waals surface area contributed by atoms with Crippen molar-refractivity contribution in [1.82, 2.24) is 0 Å². The molecule has 4 aliphatic carbocycles. The second kappa shape index (κ2) is 4.90. The first-order valence-electron chi connectivity index (χ1n) is 8.33. The van der Waals surface area contributed by atoms with Gasteiger partial charge in [0.15, 0.2) is 6.29 Å². The lowest BCUT2D eigenvalue weighted by atomic mass is 9.54. The van der Waals surface area contributed by atoms with Gasteiger partial charge in [-0.3, -0.25) is 0 Å². The lowest BCUT2D eigenvalue weighted by molar-refractivity contribution is -0.336. The quantitative estimate of drug-likeness (QED) is 0.703. The van der Waals surface area contributed by atoms with E-state index in [2.05, 4.69) is 0 Å². The zero-order valence-electron chi connectivity index (χ0n) is 12.5. The van der Waals surface area contributed by atoms with Gasteiger partial charge in [0, 0.05) is 0 Å². The van der Waals surface area contributed by atoms with Gasteiger partial charge in [0.1, 0.15) is 18.3 Å². The van der Waals surface area contributed by atoms with Gasteiger partial charge in [-0.05, 0) is 63.2 Å². The van der Waals surface area contributed by atoms with E-state index in [4.69, 9.17) is 9.47 Å². The third-order valence-corrected chi connectivity index (χ3v) is 6.16. The fourth-order valence-electron chi connectivity index (χ4n) is 5.53. The molecule has 0 amide bonds. The van der Waals surface area contributed by atoms with Crippen molar-refractivity contribution in [1.29, 1.82) is 0 Å². The summed E-state index contributed by atoms with van der Waals surface area (Å²) in [6, 6.07) is 0. The standard InChI is InChI=1S/C16H26O5/c1-8-12(17)13(18)14(19)15(20-8)21-16-5-9-2-10(6-16)4-11(3-9)7-16/h8-15,17-19H,2-7H2,1H3/t8-,9?,10?,11?,12-,13+,14+,15+,16?/m1/s1. The van der Waals surface area contributed by atoms with E-state index in [0.29, 0.717) is 0 Å². The van der Waals surface area contributed by atoms with Crippen LogP contribution in [-0.2, 0) is 9.47 Å². The Morgan fingerprint density at radius 1 is 0.857 bits per heavy atom. The van der Waals surface area contributed by atoms with Crippen molar-refractivity contribution in [3.63, 3.8) is 0 Å². The maximum atomic E-state index is 10.2. The van der Waals surface area contributed by atoms with Gasteiger partial charge in [-0.15, -0.1) is 0 Å². The van der Waals surface area contributed by atoms with Gasteiger partial charge in [-0.25, -0.2) is 0 Å². The molecule has 21 heavy (non-hydrogen) atoms. The van der Waals surface area contributed by atoms with E-state index in [-0.39, 0.29) is 5.60 Å². The number of rotatable bonds is 2. The van der Waals surface area contributed by atoms with E-state index in [9.17, 15) is 15.3 Å². The Bertz CT molecular complexity index is 376. The van der Waals surface area contributed by atoms with Crippen LogP contribution in [0.4, 0.5) is 0 Å². The van der Waals surface area contributed by atoms with Crippen LogP contribution < -0.4 is 0 Å². The molecule has 5 aliphatic rings. The predicted octanol–water partition coefficient (Wildman–Crippen LogP) is 0.799. The molecule has 0 aromatic rings. The van der Waals surface area contributed by atoms with E-state index in [0.717, 1.165) is 37.0 Å². The summed E-state index contributed by atoms with van der Waals surface area (Å²) in [6.07, 6.45) is 2.36. The lowest BCUT2D eigenvalue weighted by Crippen LogP contribution is -2.61. The zero-order chi connectivity index (χ0) is 14.8. The van der Waals surface area contributed by atoms with E-state index < -0.39 is 30.7 Å². The molecule has 0 unspecified atom stereocenters. The van der Waals surface area contributed by atoms with Crippen LogP contribution in [0.5, 0.6) is 0 Å². The van der Waals surface area contributed by atoms with Gasteiger partial charge in [0.2, 0.25) is 0 Å². The highest BCUT2D eigenvalue weighted by atomic mass is 16.7. The van der Waals surface area contributed by atoms with Crippen molar-refractivity contribution in [2.45, 2.75) is 81.8 Å². The fourth-order valence-corrected chi connectivity index (χ4v) is 5.53. The SMILES string of the molecule is C[C@H]1O[C@@H](OC23CC4CC(CC(C4)C2)C3)[C@@H](O)[C@@H](O)[C@@H]1O. The minimum absolute atomic E-state index is 0.178. The molecular weight excluding hydrogens is 272 g/mol. The van der Waals surface area contributed by atoms with Crippen molar-refractivity contribution >= 4 is 0 Å². The molecule has 0 spiro atoms. The number of ether oxygens (including phenoxy) is 2. The van der Waals surface area contributed by atoms with Gasteiger partial charge in [0.25, 0.3) is 0 Å². The molecule has 0 aromatic carbocycles. The molecule has 5 rings (SSSR count). The van der Waals surface area contributed by atoms with Crippen LogP contribution in [0.3, 0.4) is 0 Å². The second-order valence-electron chi connectivity index (χ2n) is 7.90. The summed E-state index contributed by atoms with van der Waals surface area (Å²) < 4.78 is 11.9. The first-order chi connectivity index (χ1) is 9.96. The van der Waals surface area contributed by atoms with Crippen LogP contribution in [-0.4, -0.2) is 51.6 Å². The average Bonchev–Trinajstić information content (AvgIpc) is 2.40. The third-order valence-electron chi connectivity index (χ3n) is 6.16. The highest BCUT2D eigenvalue weighted by Crippen LogP contribution is 2.57. The first-order valence-corrected chi connectivity index (χ1v) is 8.33. The van der Waals surface area contributed by atoms with Crippen molar-refractivity contribution in [3.8, 4) is 0 Å². The van der Waals surface area contributed by atoms with Crippen LogP contribution in [0.25, 0.3) is 0 Å². The average molecular weight is 298 g/mol. The smallest absolute Gasteiger partial charge is 0.187 e. The van der Waals surface area contributed by atoms with Crippen molar-refractivity contribution in [2.75, 3.05) is 0 Å². The van der Waals surface area contributed by atoms with Gasteiger partial charge in [0.05, 0.1) is 11.7 Å². The molecule has 5 atom stereocenters. The van der Waals surface area contributed by atoms with Crippen LogP contribution in [0.2, 0.25) is 0 Å². The van der Waals surface area contributed by atoms with Gasteiger partial charge in [-0.2, -0.15) is 0 Å². The van der Waals surface area contributed by atoms with Crippen molar-refractivity contribution in [3.05, 3.63) is 0 Å². The highest BCUT2D eigenvalue weighted by molar-refractivity contribution is 5.04. The maximum absolute atomic E-state index is 10.2. The third kappa shape index (κ3) is 2.34. The number of aliphatic hydroxyl groups is 3. The monoisotopic (exact) mass is 298 g/mol. The lowest BCUT2D eigenvalue weighted by Gasteiger charge is -2.57. The molecule has 5 nitrogen and oxygen atoms in total. The van der Waals surface area contributed by atoms with E-state index in [1.807, 2.05) is 0 Å². The summed E-state index contributed by atoms with van der Waals surface area (Å²) in [5.41, 5.74) is -0.178. The highest BCUT2D eigenvalue weighted by Gasteiger charge is 2.54. The van der Waals surface area contributed by atoms with Gasteiger partial charge in [-0.1, -0.05) is 0 Å². The Labute approximate surface area is 125 Å². The summed E-state index contributed by atoms with van der Waals surface area (Å²) in [4.78, 5) is 0. The largest absolute Gasteiger partial charge is 0.388 e. The molecule has 3 N–H and O–H groups in total. The summed E-state index contributed by atoms with van der Waals surface area (Å²) in [5.74, 6) is 2.26. The van der Waals surface area contributed by atoms with E-state index in [1.165, 1.54) is 19.3 Å². The molecule has 1 heterocycles. The Balaban J connectivity index is 1.50. The van der Waals surface area contributed by atoms with Gasteiger partial charge >= 0.3 is 0 Å². The van der Waals surface area contributed by atoms with Gasteiger partial charge < -0.3 is 24.8 Å². The maximum Gasteiger partial charge on any atom is 0.187 e. The Morgan fingerprint density at radius 2 is 1.38 bits per heavy atom. The second-order valence-corrected chi connectivity index (χ2v) is 7.90.